The third-order valence-corrected chi connectivity index (χ3v) is 16.7. The summed E-state index contributed by atoms with van der Waals surface area (Å²) in [7, 11) is 1.63. The zero-order chi connectivity index (χ0) is 64.1. The van der Waals surface area contributed by atoms with Gasteiger partial charge in [0.15, 0.2) is 6.10 Å². The van der Waals surface area contributed by atoms with Crippen LogP contribution in [-0.4, -0.2) is 146 Å². The minimum absolute atomic E-state index is 0.0603. The Kier molecular flexibility index (Phi) is 27.1. The van der Waals surface area contributed by atoms with Gasteiger partial charge in [0.05, 0.1) is 5.92 Å². The van der Waals surface area contributed by atoms with E-state index in [1.54, 1.807) is 62.4 Å². The molecule has 87 heavy (non-hydrogen) atoms. The first-order valence-electron chi connectivity index (χ1n) is 30.0. The summed E-state index contributed by atoms with van der Waals surface area (Å²) in [5, 5.41) is 25.6. The number of anilines is 1. The van der Waals surface area contributed by atoms with E-state index in [9.17, 15) is 57.8 Å². The van der Waals surface area contributed by atoms with Crippen LogP contribution in [0.4, 0.5) is 10.5 Å². The largest absolute Gasteiger partial charge is 0.481 e. The Morgan fingerprint density at radius 2 is 1.46 bits per heavy atom. The predicted molar refractivity (Wildman–Crippen MR) is 325 cm³/mol. The lowest BCUT2D eigenvalue weighted by molar-refractivity contribution is -0.149. The van der Waals surface area contributed by atoms with Crippen molar-refractivity contribution in [1.82, 2.24) is 41.0 Å². The highest BCUT2D eigenvalue weighted by Crippen LogP contribution is 2.32. The number of nitrogens with zero attached hydrogens (tertiary/aromatic N) is 4. The molecule has 1 aromatic heterocycles. The van der Waals surface area contributed by atoms with Crippen molar-refractivity contribution >= 4 is 82.3 Å². The number of imide groups is 1. The number of nitrogens with one attached hydrogen (secondary N) is 5. The molecule has 24 heteroatoms. The average molecular weight is 1230 g/mol. The maximum absolute atomic E-state index is 14.7. The monoisotopic (exact) mass is 1230 g/mol. The summed E-state index contributed by atoms with van der Waals surface area (Å²) in [5.41, 5.74) is 1.96. The van der Waals surface area contributed by atoms with Crippen molar-refractivity contribution in [3.8, 4) is 0 Å². The summed E-state index contributed by atoms with van der Waals surface area (Å²) in [6.07, 6.45) is 5.29. The number of hydrogen-bond acceptors (Lipinski definition) is 15. The second-order valence-corrected chi connectivity index (χ2v) is 24.2. The molecule has 1 fully saturated rings. The SMILES string of the molecule is CCC(C)C(NC(=O)C1CCCCN1C(=O)OCc1ccc(NC(=O)C(C)NC(=O)C(NC(=O)CCCCCN2C(=O)C=CC2=O)C(C)C)cc1)C(=O)N(C)C(CC(OC(C)=O)c1nc(C(=O)NC(Cc2ccccc2)CC(C)C(=O)O)cs1)C(C)C. The van der Waals surface area contributed by atoms with Crippen LogP contribution >= 0.6 is 11.3 Å². The number of piperidine rings is 1. The van der Waals surface area contributed by atoms with E-state index in [4.69, 9.17) is 9.47 Å². The Bertz CT molecular complexity index is 2900. The summed E-state index contributed by atoms with van der Waals surface area (Å²) >= 11 is 1.12. The number of aliphatic carboxylic acids is 1. The summed E-state index contributed by atoms with van der Waals surface area (Å²) in [5.74, 6) is -6.69. The highest BCUT2D eigenvalue weighted by atomic mass is 32.1. The van der Waals surface area contributed by atoms with Crippen molar-refractivity contribution in [2.75, 3.05) is 25.5 Å². The molecule has 0 aliphatic carbocycles. The Balaban J connectivity index is 1.15. The molecule has 0 bridgehead atoms. The molecule has 0 spiro atoms. The number of carbonyl (C=O) groups is 11. The first kappa shape index (κ1) is 69.7. The van der Waals surface area contributed by atoms with Crippen molar-refractivity contribution < 1.29 is 67.3 Å². The fourth-order valence-corrected chi connectivity index (χ4v) is 11.2. The normalized spacial score (nSPS) is 16.8. The van der Waals surface area contributed by atoms with Gasteiger partial charge >= 0.3 is 18.0 Å². The molecule has 474 valence electrons. The van der Waals surface area contributed by atoms with E-state index in [2.05, 4.69) is 31.6 Å². The number of amides is 9. The Hall–Kier alpha value is -8.02. The molecular weight excluding hydrogens is 1140 g/mol. The van der Waals surface area contributed by atoms with Crippen molar-refractivity contribution in [2.24, 2.45) is 23.7 Å². The molecule has 3 heterocycles. The molecule has 6 N–H and O–H groups in total. The summed E-state index contributed by atoms with van der Waals surface area (Å²) in [6.45, 7) is 15.8. The maximum Gasteiger partial charge on any atom is 0.410 e. The molecule has 2 aliphatic rings. The zero-order valence-electron chi connectivity index (χ0n) is 51.6. The topological polar surface area (TPSA) is 309 Å². The Morgan fingerprint density at radius 3 is 2.08 bits per heavy atom. The summed E-state index contributed by atoms with van der Waals surface area (Å²) < 4.78 is 11.6. The zero-order valence-corrected chi connectivity index (χ0v) is 52.4. The number of carbonyl (C=O) groups excluding carboxylic acids is 10. The van der Waals surface area contributed by atoms with Gasteiger partial charge in [0.1, 0.15) is 41.5 Å². The Labute approximate surface area is 513 Å². The van der Waals surface area contributed by atoms with Crippen molar-refractivity contribution in [1.29, 1.82) is 0 Å². The van der Waals surface area contributed by atoms with Crippen molar-refractivity contribution in [3.63, 3.8) is 0 Å². The molecule has 2 aromatic carbocycles. The van der Waals surface area contributed by atoms with Gasteiger partial charge in [-0.25, -0.2) is 9.78 Å². The number of hydrogen-bond donors (Lipinski definition) is 6. The van der Waals surface area contributed by atoms with Gasteiger partial charge in [-0.05, 0) is 92.9 Å². The van der Waals surface area contributed by atoms with Crippen molar-refractivity contribution in [3.05, 3.63) is 94.0 Å². The minimum atomic E-state index is -1.01. The number of aromatic nitrogens is 1. The molecule has 9 unspecified atom stereocenters. The second kappa shape index (κ2) is 33.8. The van der Waals surface area contributed by atoms with E-state index in [0.29, 0.717) is 67.6 Å². The smallest absolute Gasteiger partial charge is 0.410 e. The molecule has 3 aromatic rings. The number of benzene rings is 2. The lowest BCUT2D eigenvalue weighted by Crippen LogP contribution is -2.59. The molecule has 0 saturated carbocycles. The van der Waals surface area contributed by atoms with Crippen LogP contribution in [0.25, 0.3) is 0 Å². The lowest BCUT2D eigenvalue weighted by atomic mass is 9.92. The molecular formula is C63H87N9O14S. The van der Waals surface area contributed by atoms with E-state index in [1.807, 2.05) is 58.0 Å². The van der Waals surface area contributed by atoms with Crippen LogP contribution in [0.1, 0.15) is 159 Å². The van der Waals surface area contributed by atoms with Gasteiger partial charge in [-0.2, -0.15) is 0 Å². The highest BCUT2D eigenvalue weighted by Gasteiger charge is 2.40. The van der Waals surface area contributed by atoms with Gasteiger partial charge in [0, 0.05) is 75.2 Å². The van der Waals surface area contributed by atoms with Gasteiger partial charge < -0.3 is 46.1 Å². The first-order valence-corrected chi connectivity index (χ1v) is 30.9. The average Bonchev–Trinajstić information content (AvgIpc) is 4.25. The third kappa shape index (κ3) is 21.1. The molecule has 1 saturated heterocycles. The van der Waals surface area contributed by atoms with Gasteiger partial charge in [0.25, 0.3) is 17.7 Å². The number of unbranched alkanes of at least 4 members (excludes halogenated alkanes) is 2. The third-order valence-electron chi connectivity index (χ3n) is 15.7. The van der Waals surface area contributed by atoms with Crippen LogP contribution in [0, 0.1) is 23.7 Å². The van der Waals surface area contributed by atoms with E-state index in [1.165, 1.54) is 30.9 Å². The second-order valence-electron chi connectivity index (χ2n) is 23.3. The fraction of sp³-hybridized carbons (Fsp3) is 0.556. The standard InChI is InChI=1S/C63H87N9O14S/c1-11-39(6)55(61(81)70(10)49(37(2)3)34-50(86-42(9)73)60-67-47(36-87-60)57(78)66-46(32-40(7)62(82)83)33-43-20-14-12-15-21-43)69-58(79)48-22-17-19-30-71(48)63(84)85-35-44-24-26-45(27-25-44)65-56(77)41(8)64-59(80)54(38(4)5)68-51(74)23-16-13-18-31-72-52(75)28-29-53(72)76/h12,14-15,20-21,24-29,36-41,46,48-50,54-55H,11,13,16-19,22-23,30-35H2,1-10H3,(H,64,80)(H,65,77)(H,66,78)(H,68,74)(H,69,79)(H,82,83). The molecule has 9 amide bonds. The number of carboxylic acids is 1. The van der Waals surface area contributed by atoms with Gasteiger partial charge in [-0.1, -0.05) is 104 Å². The van der Waals surface area contributed by atoms with Gasteiger partial charge in [-0.15, -0.1) is 11.3 Å². The number of likely N-dealkylation sites (tertiary alicyclic amines) is 1. The summed E-state index contributed by atoms with van der Waals surface area (Å²) in [4.78, 5) is 152. The predicted octanol–water partition coefficient (Wildman–Crippen LogP) is 6.86. The molecule has 0 radical (unpaired) electrons. The molecule has 2 aliphatic heterocycles. The number of ether oxygens (including phenoxy) is 2. The number of rotatable bonds is 32. The first-order chi connectivity index (χ1) is 41.3. The van der Waals surface area contributed by atoms with Crippen LogP contribution in [-0.2, 0) is 65.7 Å². The molecule has 23 nitrogen and oxygen atoms in total. The van der Waals surface area contributed by atoms with E-state index >= 15 is 0 Å². The van der Waals surface area contributed by atoms with Crippen molar-refractivity contribution in [2.45, 2.75) is 182 Å². The number of esters is 1. The van der Waals surface area contributed by atoms with Gasteiger partial charge in [0.2, 0.25) is 29.5 Å². The fourth-order valence-electron chi connectivity index (χ4n) is 10.3. The summed E-state index contributed by atoms with van der Waals surface area (Å²) in [6, 6.07) is 11.0. The quantitative estimate of drug-likeness (QED) is 0.0211. The van der Waals surface area contributed by atoms with Crippen LogP contribution < -0.4 is 26.6 Å². The van der Waals surface area contributed by atoms with Crippen LogP contribution in [0.3, 0.4) is 0 Å². The van der Waals surface area contributed by atoms with E-state index in [-0.39, 0.29) is 80.1 Å². The minimum Gasteiger partial charge on any atom is -0.481 e. The number of thiazole rings is 1. The van der Waals surface area contributed by atoms with E-state index < -0.39 is 95.8 Å². The lowest BCUT2D eigenvalue weighted by Gasteiger charge is -2.38. The Morgan fingerprint density at radius 1 is 0.782 bits per heavy atom. The number of likely N-dealkylation sites (N-methyl/N-ethyl adjacent to an activating group) is 1. The van der Waals surface area contributed by atoms with E-state index in [0.717, 1.165) is 21.8 Å². The molecule has 9 atom stereocenters. The van der Waals surface area contributed by atoms with Crippen LogP contribution in [0.5, 0.6) is 0 Å². The maximum atomic E-state index is 14.7. The number of carboxylic acid groups (broad SMARTS) is 1. The molecule has 5 rings (SSSR count). The van der Waals surface area contributed by atoms with Gasteiger partial charge in [-0.3, -0.25) is 57.7 Å². The van der Waals surface area contributed by atoms with Crippen LogP contribution in [0.2, 0.25) is 0 Å². The van der Waals surface area contributed by atoms with Crippen LogP contribution in [0.15, 0.2) is 72.1 Å². The highest BCUT2D eigenvalue weighted by molar-refractivity contribution is 7.09.